The fourth-order valence-corrected chi connectivity index (χ4v) is 8.16. The second-order valence-electron chi connectivity index (χ2n) is 12.4. The van der Waals surface area contributed by atoms with Crippen molar-refractivity contribution in [2.75, 3.05) is 0 Å². The topological polar surface area (TPSA) is 0 Å². The fourth-order valence-electron chi connectivity index (χ4n) is 8.16. The van der Waals surface area contributed by atoms with E-state index in [9.17, 15) is 0 Å². The first-order chi connectivity index (χ1) is 12.7. The van der Waals surface area contributed by atoms with Crippen molar-refractivity contribution in [1.29, 1.82) is 0 Å². The van der Waals surface area contributed by atoms with Crippen LogP contribution in [-0.4, -0.2) is 0 Å². The molecule has 158 valence electrons. The molecule has 0 aromatic heterocycles. The number of hydrogen-bond acceptors (Lipinski definition) is 0. The molecule has 27 heavy (non-hydrogen) atoms. The largest absolute Gasteiger partial charge is 0.0625 e. The summed E-state index contributed by atoms with van der Waals surface area (Å²) >= 11 is 0. The summed E-state index contributed by atoms with van der Waals surface area (Å²) in [6.07, 6.45) is 10.8. The van der Waals surface area contributed by atoms with Gasteiger partial charge in [-0.1, -0.05) is 55.4 Å². The van der Waals surface area contributed by atoms with Crippen molar-refractivity contribution >= 4 is 0 Å². The molecule has 0 N–H and O–H groups in total. The zero-order valence-corrected chi connectivity index (χ0v) is 19.9. The number of fused-ring (bicyclic) bond motifs is 5. The maximum Gasteiger partial charge on any atom is -0.0360 e. The minimum Gasteiger partial charge on any atom is -0.0625 e. The molecule has 5 rings (SSSR count). The normalized spacial score (nSPS) is 43.1. The third-order valence-electron chi connectivity index (χ3n) is 9.66. The van der Waals surface area contributed by atoms with Crippen molar-refractivity contribution in [3.05, 3.63) is 0 Å². The minimum atomic E-state index is 0.927. The lowest BCUT2D eigenvalue weighted by atomic mass is 9.55. The average Bonchev–Trinajstić information content (AvgIpc) is 3.23. The van der Waals surface area contributed by atoms with Gasteiger partial charge in [-0.15, -0.1) is 0 Å². The monoisotopic (exact) mass is 374 g/mol. The zero-order chi connectivity index (χ0) is 19.9. The van der Waals surface area contributed by atoms with Crippen LogP contribution in [0.15, 0.2) is 0 Å². The van der Waals surface area contributed by atoms with Crippen LogP contribution in [0.3, 0.4) is 0 Å². The Hall–Kier alpha value is 0. The Morgan fingerprint density at radius 2 is 0.630 bits per heavy atom. The summed E-state index contributed by atoms with van der Waals surface area (Å²) in [4.78, 5) is 0. The van der Waals surface area contributed by atoms with Gasteiger partial charge in [-0.2, -0.15) is 0 Å². The van der Waals surface area contributed by atoms with Crippen LogP contribution in [0.1, 0.15) is 100 Å². The molecule has 0 radical (unpaired) electrons. The predicted molar refractivity (Wildman–Crippen MR) is 120 cm³/mol. The summed E-state index contributed by atoms with van der Waals surface area (Å²) in [5.74, 6) is 12.3. The van der Waals surface area contributed by atoms with E-state index in [0.717, 1.165) is 71.0 Å². The van der Waals surface area contributed by atoms with E-state index in [2.05, 4.69) is 55.4 Å². The second kappa shape index (κ2) is 8.79. The first kappa shape index (κ1) is 21.7. The van der Waals surface area contributed by atoms with E-state index in [1.165, 1.54) is 12.8 Å². The molecule has 8 unspecified atom stereocenters. The van der Waals surface area contributed by atoms with E-state index in [4.69, 9.17) is 0 Å². The van der Waals surface area contributed by atoms with Crippen molar-refractivity contribution in [1.82, 2.24) is 0 Å². The number of hydrogen-bond donors (Lipinski definition) is 0. The van der Waals surface area contributed by atoms with Gasteiger partial charge in [0.2, 0.25) is 0 Å². The molecule has 0 spiro atoms. The van der Waals surface area contributed by atoms with Crippen molar-refractivity contribution in [2.24, 2.45) is 71.0 Å². The Morgan fingerprint density at radius 1 is 0.370 bits per heavy atom. The zero-order valence-electron chi connectivity index (χ0n) is 19.9. The molecular formula is C27H50. The molecule has 0 heteroatoms. The molecule has 0 amide bonds. The summed E-state index contributed by atoms with van der Waals surface area (Å²) in [6, 6.07) is 0. The van der Waals surface area contributed by atoms with Crippen LogP contribution < -0.4 is 0 Å². The van der Waals surface area contributed by atoms with Gasteiger partial charge in [0, 0.05) is 0 Å². The molecule has 0 aliphatic heterocycles. The molecule has 8 atom stereocenters. The van der Waals surface area contributed by atoms with Gasteiger partial charge in [0.15, 0.2) is 0 Å². The fraction of sp³-hybridized carbons (Fsp3) is 1.00. The molecule has 0 saturated heterocycles. The summed E-state index contributed by atoms with van der Waals surface area (Å²) in [5.41, 5.74) is 0. The molecule has 0 aromatic carbocycles. The van der Waals surface area contributed by atoms with Crippen LogP contribution in [0.5, 0.6) is 0 Å². The lowest BCUT2D eigenvalue weighted by Gasteiger charge is -2.50. The van der Waals surface area contributed by atoms with Crippen molar-refractivity contribution in [3.8, 4) is 0 Å². The van der Waals surface area contributed by atoms with Gasteiger partial charge >= 0.3 is 0 Å². The van der Waals surface area contributed by atoms with Gasteiger partial charge in [-0.3, -0.25) is 0 Å². The van der Waals surface area contributed by atoms with Gasteiger partial charge in [-0.25, -0.2) is 0 Å². The van der Waals surface area contributed by atoms with Crippen LogP contribution >= 0.6 is 0 Å². The maximum absolute atomic E-state index is 2.43. The minimum absolute atomic E-state index is 0.927. The highest BCUT2D eigenvalue weighted by atomic mass is 14.5. The van der Waals surface area contributed by atoms with Gasteiger partial charge in [0.25, 0.3) is 0 Å². The highest BCUT2D eigenvalue weighted by Gasteiger charge is 2.47. The summed E-state index contributed by atoms with van der Waals surface area (Å²) in [6.45, 7) is 19.4. The molecule has 0 aromatic rings. The van der Waals surface area contributed by atoms with Crippen LogP contribution in [0.25, 0.3) is 0 Å². The second-order valence-corrected chi connectivity index (χ2v) is 12.4. The van der Waals surface area contributed by atoms with Gasteiger partial charge < -0.3 is 0 Å². The summed E-state index contributed by atoms with van der Waals surface area (Å²) < 4.78 is 0. The molecule has 4 bridgehead atoms. The lowest BCUT2D eigenvalue weighted by Crippen LogP contribution is -2.41. The van der Waals surface area contributed by atoms with E-state index in [1.807, 2.05) is 0 Å². The Morgan fingerprint density at radius 3 is 0.852 bits per heavy atom. The molecule has 5 saturated carbocycles. The van der Waals surface area contributed by atoms with Gasteiger partial charge in [0.1, 0.15) is 0 Å². The molecule has 0 heterocycles. The van der Waals surface area contributed by atoms with Crippen LogP contribution in [-0.2, 0) is 0 Å². The van der Waals surface area contributed by atoms with Gasteiger partial charge in [0.05, 0.1) is 0 Å². The smallest absolute Gasteiger partial charge is 0.0360 e. The first-order valence-electron chi connectivity index (χ1n) is 12.7. The molecular weight excluding hydrogens is 324 g/mol. The Kier molecular flexibility index (Phi) is 7.06. The highest BCUT2D eigenvalue weighted by Crippen LogP contribution is 2.56. The van der Waals surface area contributed by atoms with Crippen molar-refractivity contribution < 1.29 is 0 Å². The van der Waals surface area contributed by atoms with E-state index in [-0.39, 0.29) is 0 Å². The van der Waals surface area contributed by atoms with Crippen molar-refractivity contribution in [2.45, 2.75) is 100 Å². The highest BCUT2D eigenvalue weighted by molar-refractivity contribution is 4.96. The van der Waals surface area contributed by atoms with Crippen molar-refractivity contribution in [3.63, 3.8) is 0 Å². The first-order valence-corrected chi connectivity index (χ1v) is 12.7. The maximum atomic E-state index is 2.43. The standard InChI is InChI=1S/C14H26.C13H24/c1-9(2)13-7-12-6-5-11(13)8-14(12)10(3)4;1-8(2)12-6-11-5-10(12)7-13(11)9(3)4/h9-14H,5-8H2,1-4H3;8-13H,5-7H2,1-4H3. The number of rotatable bonds is 4. The Bertz CT molecular complexity index is 417. The summed E-state index contributed by atoms with van der Waals surface area (Å²) in [5, 5.41) is 0. The van der Waals surface area contributed by atoms with Gasteiger partial charge in [-0.05, 0) is 116 Å². The molecule has 5 fully saturated rings. The van der Waals surface area contributed by atoms with Crippen LogP contribution in [0, 0.1) is 71.0 Å². The molecule has 5 aliphatic rings. The molecule has 5 aliphatic carbocycles. The van der Waals surface area contributed by atoms with E-state index >= 15 is 0 Å². The van der Waals surface area contributed by atoms with Crippen LogP contribution in [0.2, 0.25) is 0 Å². The average molecular weight is 375 g/mol. The summed E-state index contributed by atoms with van der Waals surface area (Å²) in [7, 11) is 0. The Labute approximate surface area is 171 Å². The quantitative estimate of drug-likeness (QED) is 0.464. The lowest BCUT2D eigenvalue weighted by molar-refractivity contribution is -0.00132. The third kappa shape index (κ3) is 4.61. The SMILES string of the molecule is CC(C)C1CC2CC1CC2C(C)C.CC(C)C1CC2CCC1CC2C(C)C. The van der Waals surface area contributed by atoms with E-state index in [1.54, 1.807) is 32.1 Å². The third-order valence-corrected chi connectivity index (χ3v) is 9.66. The predicted octanol–water partition coefficient (Wildman–Crippen LogP) is 8.31. The van der Waals surface area contributed by atoms with E-state index < -0.39 is 0 Å². The Balaban J connectivity index is 0.000000156. The molecule has 0 nitrogen and oxygen atoms in total. The van der Waals surface area contributed by atoms with E-state index in [0.29, 0.717) is 0 Å². The van der Waals surface area contributed by atoms with Crippen LogP contribution in [0.4, 0.5) is 0 Å².